The highest BCUT2D eigenvalue weighted by Gasteiger charge is 2.28. The lowest BCUT2D eigenvalue weighted by molar-refractivity contribution is 0.0594. The molecule has 4 rings (SSSR count). The number of benzene rings is 1. The number of carbonyl (C=O) groups is 2. The summed E-state index contributed by atoms with van der Waals surface area (Å²) in [6.07, 6.45) is 4.95. The van der Waals surface area contributed by atoms with Crippen molar-refractivity contribution in [3.63, 3.8) is 0 Å². The van der Waals surface area contributed by atoms with Crippen LogP contribution < -0.4 is 5.73 Å². The Morgan fingerprint density at radius 3 is 2.23 bits per heavy atom. The normalized spacial score (nSPS) is 11.1. The Morgan fingerprint density at radius 1 is 1.06 bits per heavy atom. The first kappa shape index (κ1) is 25.8. The molecule has 0 radical (unpaired) electrons. The van der Waals surface area contributed by atoms with Gasteiger partial charge in [0, 0.05) is 35.0 Å². The molecule has 2 N–H and O–H groups in total. The molecule has 182 valence electrons. The quantitative estimate of drug-likeness (QED) is 0.351. The Morgan fingerprint density at radius 2 is 1.71 bits per heavy atom. The second-order valence-electron chi connectivity index (χ2n) is 8.47. The van der Waals surface area contributed by atoms with Gasteiger partial charge in [0.05, 0.1) is 23.3 Å². The third-order valence-electron chi connectivity index (χ3n) is 4.96. The lowest BCUT2D eigenvalue weighted by atomic mass is 9.95. The van der Waals surface area contributed by atoms with E-state index in [1.165, 1.54) is 22.9 Å². The molecule has 0 fully saturated rings. The number of esters is 1. The van der Waals surface area contributed by atoms with Crippen molar-refractivity contribution in [2.24, 2.45) is 5.41 Å². The maximum Gasteiger partial charge on any atom is 0.358 e. The number of nitrogens with zero attached hydrogens (tertiary/aromatic N) is 3. The Kier molecular flexibility index (Phi) is 7.50. The maximum absolute atomic E-state index is 15.5. The molecule has 3 aromatic heterocycles. The molecule has 0 amide bonds. The predicted octanol–water partition coefficient (Wildman–Crippen LogP) is 5.77. The number of rotatable bonds is 2. The van der Waals surface area contributed by atoms with Gasteiger partial charge in [-0.15, -0.1) is 0 Å². The summed E-state index contributed by atoms with van der Waals surface area (Å²) >= 11 is 5.90. The van der Waals surface area contributed by atoms with Gasteiger partial charge in [-0.05, 0) is 24.3 Å². The smallest absolute Gasteiger partial charge is 0.358 e. The summed E-state index contributed by atoms with van der Waals surface area (Å²) in [6, 6.07) is 10.1. The molecule has 0 saturated heterocycles. The molecule has 10 heteroatoms. The summed E-state index contributed by atoms with van der Waals surface area (Å²) in [6.45, 7) is 5.10. The SMILES string of the molecule is COC(=O)c1nc(-c2ccc3ccn(C(=O)C(C)(C)C)c3c2F)c(F)c(N)c1Cl.c1ccncc1. The van der Waals surface area contributed by atoms with Crippen molar-refractivity contribution in [3.05, 3.63) is 77.3 Å². The first-order chi connectivity index (χ1) is 16.5. The van der Waals surface area contributed by atoms with Crippen LogP contribution in [0.25, 0.3) is 22.2 Å². The molecule has 0 unspecified atom stereocenters. The minimum absolute atomic E-state index is 0.0308. The van der Waals surface area contributed by atoms with Crippen LogP contribution in [0.2, 0.25) is 5.02 Å². The van der Waals surface area contributed by atoms with Gasteiger partial charge in [0.2, 0.25) is 5.91 Å². The van der Waals surface area contributed by atoms with Gasteiger partial charge in [0.25, 0.3) is 0 Å². The zero-order valence-corrected chi connectivity index (χ0v) is 20.2. The average Bonchev–Trinajstić information content (AvgIpc) is 3.28. The number of pyridine rings is 2. The van der Waals surface area contributed by atoms with Crippen LogP contribution in [0.15, 0.2) is 55.0 Å². The lowest BCUT2D eigenvalue weighted by Crippen LogP contribution is -2.26. The van der Waals surface area contributed by atoms with Crippen LogP contribution in [-0.2, 0) is 4.74 Å². The van der Waals surface area contributed by atoms with Crippen LogP contribution in [0, 0.1) is 17.0 Å². The Bertz CT molecular complexity index is 1370. The van der Waals surface area contributed by atoms with Crippen LogP contribution >= 0.6 is 11.6 Å². The van der Waals surface area contributed by atoms with Gasteiger partial charge in [0.1, 0.15) is 5.69 Å². The third-order valence-corrected chi connectivity index (χ3v) is 5.35. The standard InChI is InChI=1S/C20H18ClF2N3O3.C5H5N/c1-20(2,3)19(28)26-8-7-9-5-6-10(12(22)17(9)26)15-13(23)14(24)11(21)16(25-15)18(27)29-4;1-2-4-6-5-3-1/h5-8H,1-4H3,(H2,24,25);1-5H. The zero-order valence-electron chi connectivity index (χ0n) is 19.5. The van der Waals surface area contributed by atoms with Gasteiger partial charge in [0.15, 0.2) is 17.3 Å². The Balaban J connectivity index is 0.000000497. The molecular weight excluding hydrogens is 478 g/mol. The van der Waals surface area contributed by atoms with Crippen molar-refractivity contribution >= 4 is 40.1 Å². The number of carbonyl (C=O) groups excluding carboxylic acids is 2. The zero-order chi connectivity index (χ0) is 25.9. The van der Waals surface area contributed by atoms with Gasteiger partial charge >= 0.3 is 5.97 Å². The van der Waals surface area contributed by atoms with E-state index in [1.54, 1.807) is 39.2 Å². The van der Waals surface area contributed by atoms with Crippen LogP contribution in [-0.4, -0.2) is 33.5 Å². The Labute approximate surface area is 205 Å². The van der Waals surface area contributed by atoms with Gasteiger partial charge in [-0.25, -0.2) is 18.6 Å². The lowest BCUT2D eigenvalue weighted by Gasteiger charge is -2.18. The van der Waals surface area contributed by atoms with Gasteiger partial charge < -0.3 is 10.5 Å². The van der Waals surface area contributed by atoms with E-state index in [0.717, 1.165) is 7.11 Å². The number of nitrogens with two attached hydrogens (primary N) is 1. The number of hydrogen-bond donors (Lipinski definition) is 1. The first-order valence-corrected chi connectivity index (χ1v) is 10.8. The van der Waals surface area contributed by atoms with E-state index in [2.05, 4.69) is 14.7 Å². The summed E-state index contributed by atoms with van der Waals surface area (Å²) in [5.74, 6) is -3.26. The Hall–Kier alpha value is -3.85. The fourth-order valence-electron chi connectivity index (χ4n) is 3.19. The van der Waals surface area contributed by atoms with Crippen molar-refractivity contribution in [3.8, 4) is 11.3 Å². The van der Waals surface area contributed by atoms with Gasteiger partial charge in [-0.2, -0.15) is 0 Å². The molecule has 1 aromatic carbocycles. The number of hydrogen-bond acceptors (Lipinski definition) is 6. The van der Waals surface area contributed by atoms with E-state index < -0.39 is 45.1 Å². The van der Waals surface area contributed by atoms with E-state index in [0.29, 0.717) is 5.39 Å². The average molecular weight is 501 g/mol. The van der Waals surface area contributed by atoms with Crippen LogP contribution in [0.4, 0.5) is 14.5 Å². The molecule has 0 aliphatic rings. The number of fused-ring (bicyclic) bond motifs is 1. The molecular formula is C25H23ClF2N4O3. The van der Waals surface area contributed by atoms with E-state index in [1.807, 2.05) is 18.2 Å². The number of ether oxygens (including phenoxy) is 1. The maximum atomic E-state index is 15.5. The fraction of sp³-hybridized carbons (Fsp3) is 0.200. The summed E-state index contributed by atoms with van der Waals surface area (Å²) in [4.78, 5) is 32.2. The van der Waals surface area contributed by atoms with Gasteiger partial charge in [-0.1, -0.05) is 44.5 Å². The van der Waals surface area contributed by atoms with Crippen molar-refractivity contribution in [2.75, 3.05) is 12.8 Å². The molecule has 7 nitrogen and oxygen atoms in total. The largest absolute Gasteiger partial charge is 0.464 e. The van der Waals surface area contributed by atoms with E-state index >= 15 is 4.39 Å². The molecule has 4 aromatic rings. The van der Waals surface area contributed by atoms with Crippen molar-refractivity contribution in [1.82, 2.24) is 14.5 Å². The number of halogens is 3. The topological polar surface area (TPSA) is 100 Å². The predicted molar refractivity (Wildman–Crippen MR) is 130 cm³/mol. The van der Waals surface area contributed by atoms with Gasteiger partial charge in [-0.3, -0.25) is 14.3 Å². The highest BCUT2D eigenvalue weighted by molar-refractivity contribution is 6.35. The van der Waals surface area contributed by atoms with Crippen LogP contribution in [0.5, 0.6) is 0 Å². The van der Waals surface area contributed by atoms with Crippen LogP contribution in [0.1, 0.15) is 36.1 Å². The summed E-state index contributed by atoms with van der Waals surface area (Å²) < 4.78 is 36.0. The number of methoxy groups -OCH3 is 1. The first-order valence-electron chi connectivity index (χ1n) is 10.4. The van der Waals surface area contributed by atoms with Crippen molar-refractivity contribution < 1.29 is 23.1 Å². The second kappa shape index (κ2) is 10.2. The summed E-state index contributed by atoms with van der Waals surface area (Å²) in [7, 11) is 1.09. The number of anilines is 1. The number of aromatic nitrogens is 3. The second-order valence-corrected chi connectivity index (χ2v) is 8.85. The van der Waals surface area contributed by atoms with E-state index in [9.17, 15) is 14.0 Å². The highest BCUT2D eigenvalue weighted by Crippen LogP contribution is 2.36. The molecule has 3 heterocycles. The third kappa shape index (κ3) is 5.14. The molecule has 35 heavy (non-hydrogen) atoms. The van der Waals surface area contributed by atoms with Crippen molar-refractivity contribution in [1.29, 1.82) is 0 Å². The molecule has 0 aliphatic heterocycles. The molecule has 0 spiro atoms. The molecule has 0 saturated carbocycles. The fourth-order valence-corrected chi connectivity index (χ4v) is 3.39. The molecule has 0 bridgehead atoms. The minimum Gasteiger partial charge on any atom is -0.464 e. The molecule has 0 atom stereocenters. The van der Waals surface area contributed by atoms with E-state index in [4.69, 9.17) is 17.3 Å². The molecule has 0 aliphatic carbocycles. The minimum atomic E-state index is -1.08. The van der Waals surface area contributed by atoms with Crippen LogP contribution in [0.3, 0.4) is 0 Å². The number of nitrogen functional groups attached to an aromatic ring is 1. The summed E-state index contributed by atoms with van der Waals surface area (Å²) in [5.41, 5.74) is 3.06. The highest BCUT2D eigenvalue weighted by atomic mass is 35.5. The summed E-state index contributed by atoms with van der Waals surface area (Å²) in [5, 5.41) is 0.0188. The monoisotopic (exact) mass is 500 g/mol. The van der Waals surface area contributed by atoms with Crippen molar-refractivity contribution in [2.45, 2.75) is 20.8 Å². The van der Waals surface area contributed by atoms with E-state index in [-0.39, 0.29) is 17.0 Å².